The lowest BCUT2D eigenvalue weighted by Crippen LogP contribution is -2.42. The van der Waals surface area contributed by atoms with Crippen LogP contribution in [0.5, 0.6) is 0 Å². The van der Waals surface area contributed by atoms with Gasteiger partial charge in [0.15, 0.2) is 0 Å². The average Bonchev–Trinajstić information content (AvgIpc) is 2.85. The SMILES string of the molecule is CC(C)[C@]1(O)CN(c2nc(N(C)C)ns2)C[C@H]1C. The summed E-state index contributed by atoms with van der Waals surface area (Å²) in [5.41, 5.74) is -0.621. The second kappa shape index (κ2) is 4.66. The van der Waals surface area contributed by atoms with Gasteiger partial charge in [-0.25, -0.2) is 0 Å². The summed E-state index contributed by atoms with van der Waals surface area (Å²) < 4.78 is 4.31. The van der Waals surface area contributed by atoms with E-state index < -0.39 is 5.60 Å². The number of nitrogens with zero attached hydrogens (tertiary/aromatic N) is 4. The number of hydrogen-bond donors (Lipinski definition) is 1. The van der Waals surface area contributed by atoms with E-state index in [1.54, 1.807) is 0 Å². The van der Waals surface area contributed by atoms with Gasteiger partial charge in [0.2, 0.25) is 11.1 Å². The lowest BCUT2D eigenvalue weighted by molar-refractivity contribution is -0.0186. The molecule has 0 unspecified atom stereocenters. The zero-order valence-corrected chi connectivity index (χ0v) is 12.5. The molecule has 18 heavy (non-hydrogen) atoms. The Labute approximate surface area is 113 Å². The summed E-state index contributed by atoms with van der Waals surface area (Å²) in [7, 11) is 3.87. The minimum atomic E-state index is -0.621. The second-order valence-corrected chi connectivity index (χ2v) is 6.43. The van der Waals surface area contributed by atoms with E-state index in [9.17, 15) is 5.11 Å². The molecule has 1 aliphatic rings. The molecule has 1 aromatic rings. The van der Waals surface area contributed by atoms with Crippen molar-refractivity contribution in [2.24, 2.45) is 11.8 Å². The summed E-state index contributed by atoms with van der Waals surface area (Å²) in [4.78, 5) is 8.54. The first-order chi connectivity index (χ1) is 8.34. The molecular weight excluding hydrogens is 248 g/mol. The van der Waals surface area contributed by atoms with Gasteiger partial charge in [-0.05, 0) is 5.92 Å². The number of rotatable bonds is 3. The van der Waals surface area contributed by atoms with Gasteiger partial charge in [-0.15, -0.1) is 0 Å². The number of hydrogen-bond acceptors (Lipinski definition) is 6. The monoisotopic (exact) mass is 270 g/mol. The van der Waals surface area contributed by atoms with Crippen LogP contribution in [0.1, 0.15) is 20.8 Å². The number of aliphatic hydroxyl groups is 1. The van der Waals surface area contributed by atoms with Crippen molar-refractivity contribution < 1.29 is 5.11 Å². The molecule has 0 spiro atoms. The maximum atomic E-state index is 10.7. The molecule has 6 heteroatoms. The molecule has 2 heterocycles. The number of β-amino-alcohol motifs (C(OH)–C–C–N with tert-alkyl or cyclic N) is 1. The molecule has 2 atom stereocenters. The fraction of sp³-hybridized carbons (Fsp3) is 0.833. The highest BCUT2D eigenvalue weighted by atomic mass is 32.1. The van der Waals surface area contributed by atoms with Gasteiger partial charge in [0.1, 0.15) is 0 Å². The van der Waals surface area contributed by atoms with E-state index >= 15 is 0 Å². The predicted octanol–water partition coefficient (Wildman–Crippen LogP) is 1.45. The molecule has 0 radical (unpaired) electrons. The molecule has 1 N–H and O–H groups in total. The average molecular weight is 270 g/mol. The normalized spacial score (nSPS) is 28.2. The highest BCUT2D eigenvalue weighted by Crippen LogP contribution is 2.37. The van der Waals surface area contributed by atoms with Gasteiger partial charge in [0.05, 0.1) is 5.60 Å². The molecule has 1 aromatic heterocycles. The second-order valence-electron chi connectivity index (χ2n) is 5.70. The van der Waals surface area contributed by atoms with Crippen LogP contribution in [0, 0.1) is 11.8 Å². The van der Waals surface area contributed by atoms with Crippen LogP contribution in [0.3, 0.4) is 0 Å². The van der Waals surface area contributed by atoms with Crippen LogP contribution < -0.4 is 9.80 Å². The first-order valence-electron chi connectivity index (χ1n) is 6.33. The van der Waals surface area contributed by atoms with Crippen molar-refractivity contribution in [2.45, 2.75) is 26.4 Å². The van der Waals surface area contributed by atoms with Gasteiger partial charge in [-0.2, -0.15) is 9.36 Å². The van der Waals surface area contributed by atoms with Gasteiger partial charge < -0.3 is 14.9 Å². The van der Waals surface area contributed by atoms with Crippen molar-refractivity contribution in [1.82, 2.24) is 9.36 Å². The Morgan fingerprint density at radius 2 is 2.17 bits per heavy atom. The third-order valence-corrected chi connectivity index (χ3v) is 4.63. The van der Waals surface area contributed by atoms with Crippen LogP contribution in [-0.2, 0) is 0 Å². The van der Waals surface area contributed by atoms with Crippen LogP contribution in [0.4, 0.5) is 11.1 Å². The van der Waals surface area contributed by atoms with E-state index in [2.05, 4.69) is 35.0 Å². The molecule has 0 aromatic carbocycles. The summed E-state index contributed by atoms with van der Waals surface area (Å²) in [6, 6.07) is 0. The van der Waals surface area contributed by atoms with Gasteiger partial charge in [-0.1, -0.05) is 20.8 Å². The molecular formula is C12H22N4OS. The van der Waals surface area contributed by atoms with Crippen molar-refractivity contribution in [3.63, 3.8) is 0 Å². The van der Waals surface area contributed by atoms with E-state index in [0.717, 1.165) is 17.6 Å². The van der Waals surface area contributed by atoms with E-state index in [0.29, 0.717) is 6.54 Å². The third kappa shape index (κ3) is 2.19. The zero-order chi connectivity index (χ0) is 13.5. The Morgan fingerprint density at radius 3 is 2.61 bits per heavy atom. The lowest BCUT2D eigenvalue weighted by Gasteiger charge is -2.30. The number of anilines is 2. The Morgan fingerprint density at radius 1 is 1.50 bits per heavy atom. The first kappa shape index (κ1) is 13.5. The topological polar surface area (TPSA) is 52.5 Å². The zero-order valence-electron chi connectivity index (χ0n) is 11.7. The van der Waals surface area contributed by atoms with Crippen LogP contribution in [0.2, 0.25) is 0 Å². The molecule has 1 aliphatic heterocycles. The molecule has 2 rings (SSSR count). The van der Waals surface area contributed by atoms with Crippen molar-refractivity contribution in [3.8, 4) is 0 Å². The van der Waals surface area contributed by atoms with E-state index in [-0.39, 0.29) is 11.8 Å². The fourth-order valence-corrected chi connectivity index (χ4v) is 3.17. The van der Waals surface area contributed by atoms with Crippen LogP contribution in [0.25, 0.3) is 0 Å². The highest BCUT2D eigenvalue weighted by molar-refractivity contribution is 7.09. The third-order valence-electron chi connectivity index (χ3n) is 3.87. The lowest BCUT2D eigenvalue weighted by atomic mass is 9.82. The molecule has 102 valence electrons. The van der Waals surface area contributed by atoms with E-state index in [4.69, 9.17) is 0 Å². The molecule has 1 saturated heterocycles. The Hall–Kier alpha value is -0.880. The van der Waals surface area contributed by atoms with E-state index in [1.165, 1.54) is 11.5 Å². The smallest absolute Gasteiger partial charge is 0.238 e. The number of aromatic nitrogens is 2. The van der Waals surface area contributed by atoms with Crippen LogP contribution in [-0.4, -0.2) is 47.2 Å². The molecule has 0 aliphatic carbocycles. The summed E-state index contributed by atoms with van der Waals surface area (Å²) >= 11 is 1.40. The first-order valence-corrected chi connectivity index (χ1v) is 7.10. The Kier molecular flexibility index (Phi) is 3.51. The standard InChI is InChI=1S/C12H22N4OS/c1-8(2)12(17)7-16(6-9(12)3)11-13-10(14-18-11)15(4)5/h8-9,17H,6-7H2,1-5H3/t9-,12-/m1/s1. The Balaban J connectivity index is 2.16. The van der Waals surface area contributed by atoms with Gasteiger partial charge in [-0.3, -0.25) is 0 Å². The van der Waals surface area contributed by atoms with E-state index in [1.807, 2.05) is 19.0 Å². The van der Waals surface area contributed by atoms with Crippen molar-refractivity contribution in [2.75, 3.05) is 37.0 Å². The van der Waals surface area contributed by atoms with Gasteiger partial charge >= 0.3 is 0 Å². The summed E-state index contributed by atoms with van der Waals surface area (Å²) in [5.74, 6) is 1.24. The molecule has 1 fully saturated rings. The minimum absolute atomic E-state index is 0.249. The maximum Gasteiger partial charge on any atom is 0.238 e. The molecule has 0 amide bonds. The maximum absolute atomic E-state index is 10.7. The molecule has 0 saturated carbocycles. The fourth-order valence-electron chi connectivity index (χ4n) is 2.43. The quantitative estimate of drug-likeness (QED) is 0.901. The summed E-state index contributed by atoms with van der Waals surface area (Å²) in [5, 5.41) is 11.6. The summed E-state index contributed by atoms with van der Waals surface area (Å²) in [6.07, 6.45) is 0. The molecule has 0 bridgehead atoms. The Bertz CT molecular complexity index is 420. The van der Waals surface area contributed by atoms with Crippen molar-refractivity contribution in [1.29, 1.82) is 0 Å². The van der Waals surface area contributed by atoms with Crippen molar-refractivity contribution >= 4 is 22.6 Å². The minimum Gasteiger partial charge on any atom is -0.387 e. The van der Waals surface area contributed by atoms with Gasteiger partial charge in [0.25, 0.3) is 0 Å². The van der Waals surface area contributed by atoms with Gasteiger partial charge in [0, 0.05) is 44.6 Å². The summed E-state index contributed by atoms with van der Waals surface area (Å²) in [6.45, 7) is 7.75. The molecule has 5 nitrogen and oxygen atoms in total. The van der Waals surface area contributed by atoms with Crippen LogP contribution >= 0.6 is 11.5 Å². The predicted molar refractivity (Wildman–Crippen MR) is 75.4 cm³/mol. The van der Waals surface area contributed by atoms with Crippen molar-refractivity contribution in [3.05, 3.63) is 0 Å². The largest absolute Gasteiger partial charge is 0.387 e. The highest BCUT2D eigenvalue weighted by Gasteiger charge is 2.45. The van der Waals surface area contributed by atoms with Crippen LogP contribution in [0.15, 0.2) is 0 Å².